The highest BCUT2D eigenvalue weighted by Gasteiger charge is 2.31. The Bertz CT molecular complexity index is 402. The average molecular weight is 250 g/mol. The molecule has 0 amide bonds. The number of hydrogen-bond acceptors (Lipinski definition) is 2. The van der Waals surface area contributed by atoms with Gasteiger partial charge in [-0.15, -0.1) is 0 Å². The van der Waals surface area contributed by atoms with E-state index in [4.69, 9.17) is 5.11 Å². The van der Waals surface area contributed by atoms with Crippen LogP contribution >= 0.6 is 11.8 Å². The Morgan fingerprint density at radius 2 is 2.06 bits per heavy atom. The maximum absolute atomic E-state index is 12.2. The fourth-order valence-corrected chi connectivity index (χ4v) is 2.04. The molecule has 1 rings (SSSR count). The summed E-state index contributed by atoms with van der Waals surface area (Å²) in [4.78, 5) is 10.6. The highest BCUT2D eigenvalue weighted by Crippen LogP contribution is 2.39. The van der Waals surface area contributed by atoms with Crippen molar-refractivity contribution in [1.82, 2.24) is 0 Å². The van der Waals surface area contributed by atoms with Crippen molar-refractivity contribution in [2.45, 2.75) is 23.7 Å². The Morgan fingerprint density at radius 1 is 1.44 bits per heavy atom. The molecule has 0 atom stereocenters. The minimum atomic E-state index is -4.48. The van der Waals surface area contributed by atoms with Crippen LogP contribution in [-0.4, -0.2) is 16.6 Å². The Labute approximate surface area is 94.5 Å². The van der Waals surface area contributed by atoms with Crippen molar-refractivity contribution in [3.8, 4) is 0 Å². The largest absolute Gasteiger partial charge is 0.478 e. The van der Waals surface area contributed by atoms with E-state index in [1.165, 1.54) is 18.2 Å². The lowest BCUT2D eigenvalue weighted by Crippen LogP contribution is -2.07. The van der Waals surface area contributed by atoms with E-state index < -0.39 is 23.2 Å². The van der Waals surface area contributed by atoms with Crippen LogP contribution < -0.4 is 0 Å². The average Bonchev–Trinajstić information content (AvgIpc) is 2.14. The van der Waals surface area contributed by atoms with E-state index >= 15 is 0 Å². The number of aromatic carboxylic acids is 1. The molecular weight excluding hydrogens is 241 g/mol. The molecule has 88 valence electrons. The molecule has 0 aromatic heterocycles. The van der Waals surface area contributed by atoms with Gasteiger partial charge in [0.15, 0.2) is 0 Å². The molecule has 1 N–H and O–H groups in total. The third-order valence-corrected chi connectivity index (χ3v) is 2.72. The van der Waals surface area contributed by atoms with E-state index in [-0.39, 0.29) is 10.5 Å². The van der Waals surface area contributed by atoms with Crippen LogP contribution in [0.15, 0.2) is 23.1 Å². The molecule has 0 saturated carbocycles. The van der Waals surface area contributed by atoms with Gasteiger partial charge in [0.2, 0.25) is 0 Å². The summed E-state index contributed by atoms with van der Waals surface area (Å²) in [5.41, 5.74) is -4.33. The molecule has 0 radical (unpaired) electrons. The highest BCUT2D eigenvalue weighted by atomic mass is 32.2. The van der Waals surface area contributed by atoms with Crippen molar-refractivity contribution in [3.05, 3.63) is 29.3 Å². The van der Waals surface area contributed by atoms with Gasteiger partial charge in [-0.2, -0.15) is 13.2 Å². The minimum Gasteiger partial charge on any atom is -0.478 e. The summed E-state index contributed by atoms with van der Waals surface area (Å²) in [6.45, 7) is 1.70. The molecule has 2 nitrogen and oxygen atoms in total. The van der Waals surface area contributed by atoms with E-state index in [1.54, 1.807) is 6.92 Å². The lowest BCUT2D eigenvalue weighted by atomic mass is 10.1. The Morgan fingerprint density at radius 3 is 2.50 bits per heavy atom. The van der Waals surface area contributed by atoms with Gasteiger partial charge in [-0.1, -0.05) is 19.1 Å². The molecule has 0 aliphatic rings. The number of halogens is 3. The van der Waals surface area contributed by atoms with Crippen molar-refractivity contribution < 1.29 is 23.1 Å². The first-order valence-corrected chi connectivity index (χ1v) is 5.27. The van der Waals surface area contributed by atoms with Crippen LogP contribution in [-0.2, 0) is 6.42 Å². The number of hydrogen-bond donors (Lipinski definition) is 1. The minimum absolute atomic E-state index is 0.257. The van der Waals surface area contributed by atoms with Gasteiger partial charge in [-0.05, 0) is 29.8 Å². The topological polar surface area (TPSA) is 37.3 Å². The predicted octanol–water partition coefficient (Wildman–Crippen LogP) is 3.56. The second-order valence-corrected chi connectivity index (χ2v) is 4.10. The summed E-state index contributed by atoms with van der Waals surface area (Å²) < 4.78 is 36.6. The van der Waals surface area contributed by atoms with Gasteiger partial charge in [-0.25, -0.2) is 4.79 Å². The maximum Gasteiger partial charge on any atom is 0.446 e. The Balaban J connectivity index is 3.22. The maximum atomic E-state index is 12.2. The Kier molecular flexibility index (Phi) is 3.85. The number of alkyl halides is 3. The summed E-state index contributed by atoms with van der Waals surface area (Å²) >= 11 is -0.396. The molecule has 1 aromatic carbocycles. The number of rotatable bonds is 3. The third kappa shape index (κ3) is 3.16. The summed E-state index contributed by atoms with van der Waals surface area (Å²) in [5, 5.41) is 8.89. The van der Waals surface area contributed by atoms with Crippen LogP contribution in [0, 0.1) is 0 Å². The molecule has 0 heterocycles. The number of carbonyl (C=O) groups is 1. The second kappa shape index (κ2) is 4.78. The number of aryl methyl sites for hydroxylation is 1. The number of carboxylic acid groups (broad SMARTS) is 1. The lowest BCUT2D eigenvalue weighted by molar-refractivity contribution is -0.0328. The van der Waals surface area contributed by atoms with E-state index in [0.717, 1.165) is 0 Å². The molecule has 0 bridgehead atoms. The van der Waals surface area contributed by atoms with Crippen LogP contribution in [0.5, 0.6) is 0 Å². The summed E-state index contributed by atoms with van der Waals surface area (Å²) in [5.74, 6) is -1.33. The molecule has 0 spiro atoms. The Hall–Kier alpha value is -1.17. The molecule has 1 aromatic rings. The first-order chi connectivity index (χ1) is 7.35. The smallest absolute Gasteiger partial charge is 0.446 e. The molecule has 16 heavy (non-hydrogen) atoms. The van der Waals surface area contributed by atoms with Crippen LogP contribution in [0.3, 0.4) is 0 Å². The van der Waals surface area contributed by atoms with E-state index in [0.29, 0.717) is 12.0 Å². The molecule has 6 heteroatoms. The summed E-state index contributed by atoms with van der Waals surface area (Å²) in [6, 6.07) is 4.12. The molecular formula is C10H9F3O2S. The fraction of sp³-hybridized carbons (Fsp3) is 0.300. The van der Waals surface area contributed by atoms with Crippen LogP contribution in [0.4, 0.5) is 13.2 Å². The molecule has 0 saturated heterocycles. The first kappa shape index (κ1) is 12.9. The number of carboxylic acids is 1. The standard InChI is InChI=1S/C10H9F3O2S/c1-2-6-4-3-5-7(8(6)9(14)15)16-10(11,12)13/h3-5H,2H2,1H3,(H,14,15). The van der Waals surface area contributed by atoms with Gasteiger partial charge in [0.1, 0.15) is 0 Å². The third-order valence-electron chi connectivity index (χ3n) is 1.93. The van der Waals surface area contributed by atoms with E-state index in [2.05, 4.69) is 0 Å². The zero-order chi connectivity index (χ0) is 12.3. The quantitative estimate of drug-likeness (QED) is 0.833. The summed E-state index contributed by atoms with van der Waals surface area (Å²) in [6.07, 6.45) is 0.383. The van der Waals surface area contributed by atoms with Gasteiger partial charge < -0.3 is 5.11 Å². The van der Waals surface area contributed by atoms with E-state index in [1.807, 2.05) is 0 Å². The molecule has 0 unspecified atom stereocenters. The van der Waals surface area contributed by atoms with Crippen LogP contribution in [0.25, 0.3) is 0 Å². The van der Waals surface area contributed by atoms with Crippen molar-refractivity contribution in [2.75, 3.05) is 0 Å². The van der Waals surface area contributed by atoms with Gasteiger partial charge in [-0.3, -0.25) is 0 Å². The van der Waals surface area contributed by atoms with Crippen molar-refractivity contribution in [3.63, 3.8) is 0 Å². The van der Waals surface area contributed by atoms with Gasteiger partial charge in [0, 0.05) is 4.90 Å². The number of thioether (sulfide) groups is 1. The zero-order valence-electron chi connectivity index (χ0n) is 8.34. The van der Waals surface area contributed by atoms with Crippen molar-refractivity contribution >= 4 is 17.7 Å². The SMILES string of the molecule is CCc1cccc(SC(F)(F)F)c1C(=O)O. The van der Waals surface area contributed by atoms with Gasteiger partial charge in [0.25, 0.3) is 0 Å². The highest BCUT2D eigenvalue weighted by molar-refractivity contribution is 8.00. The van der Waals surface area contributed by atoms with E-state index in [9.17, 15) is 18.0 Å². The summed E-state index contributed by atoms with van der Waals surface area (Å²) in [7, 11) is 0. The molecule has 0 fully saturated rings. The predicted molar refractivity (Wildman–Crippen MR) is 54.7 cm³/mol. The van der Waals surface area contributed by atoms with Crippen LogP contribution in [0.1, 0.15) is 22.8 Å². The fourth-order valence-electron chi connectivity index (χ4n) is 1.32. The monoisotopic (exact) mass is 250 g/mol. The van der Waals surface area contributed by atoms with Crippen LogP contribution in [0.2, 0.25) is 0 Å². The van der Waals surface area contributed by atoms with Gasteiger partial charge >= 0.3 is 11.5 Å². The first-order valence-electron chi connectivity index (χ1n) is 4.46. The van der Waals surface area contributed by atoms with Gasteiger partial charge in [0.05, 0.1) is 5.56 Å². The number of benzene rings is 1. The second-order valence-electron chi connectivity index (χ2n) is 3.00. The normalized spacial score (nSPS) is 11.5. The van der Waals surface area contributed by atoms with Crippen molar-refractivity contribution in [1.29, 1.82) is 0 Å². The molecule has 0 aliphatic heterocycles. The van der Waals surface area contributed by atoms with Crippen molar-refractivity contribution in [2.24, 2.45) is 0 Å². The lowest BCUT2D eigenvalue weighted by Gasteiger charge is -2.11. The zero-order valence-corrected chi connectivity index (χ0v) is 9.15. The molecule has 0 aliphatic carbocycles.